The van der Waals surface area contributed by atoms with E-state index in [0.29, 0.717) is 24.6 Å². The van der Waals surface area contributed by atoms with Crippen LogP contribution < -0.4 is 5.32 Å². The molecule has 2 fully saturated rings. The first-order chi connectivity index (χ1) is 7.44. The first-order valence-corrected chi connectivity index (χ1v) is 5.99. The highest BCUT2D eigenvalue weighted by atomic mass is 16.5. The van der Waals surface area contributed by atoms with Crippen LogP contribution in [0.1, 0.15) is 20.3 Å². The topological polar surface area (TPSA) is 41.6 Å². The first-order valence-electron chi connectivity index (χ1n) is 5.99. The van der Waals surface area contributed by atoms with Gasteiger partial charge >= 0.3 is 0 Å². The molecule has 1 heterocycles. The third kappa shape index (κ3) is 1.74. The van der Waals surface area contributed by atoms with Crippen molar-refractivity contribution in [2.75, 3.05) is 27.2 Å². The Morgan fingerprint density at radius 3 is 2.81 bits per heavy atom. The van der Waals surface area contributed by atoms with Crippen molar-refractivity contribution in [3.8, 4) is 0 Å². The molecule has 92 valence electrons. The van der Waals surface area contributed by atoms with Crippen LogP contribution in [0.15, 0.2) is 0 Å². The van der Waals surface area contributed by atoms with Gasteiger partial charge in [-0.05, 0) is 6.42 Å². The highest BCUT2D eigenvalue weighted by Gasteiger charge is 2.58. The molecule has 2 aliphatic rings. The Hall–Kier alpha value is -0.610. The van der Waals surface area contributed by atoms with Crippen LogP contribution in [0.5, 0.6) is 0 Å². The maximum atomic E-state index is 11.5. The third-order valence-electron chi connectivity index (χ3n) is 4.07. The minimum Gasteiger partial charge on any atom is -0.377 e. The van der Waals surface area contributed by atoms with Gasteiger partial charge < -0.3 is 15.0 Å². The number of likely N-dealkylation sites (N-methyl/N-ethyl adjacent to an activating group) is 1. The smallest absolute Gasteiger partial charge is 0.236 e. The van der Waals surface area contributed by atoms with Gasteiger partial charge in [0.15, 0.2) is 0 Å². The second-order valence-electron chi connectivity index (χ2n) is 5.71. The SMILES string of the molecule is CN(C)C(=O)CNC1C2CCOC2C1(C)C. The Labute approximate surface area is 97.3 Å². The van der Waals surface area contributed by atoms with Gasteiger partial charge in [-0.2, -0.15) is 0 Å². The summed E-state index contributed by atoms with van der Waals surface area (Å²) in [6.45, 7) is 5.75. The summed E-state index contributed by atoms with van der Waals surface area (Å²) in [6.07, 6.45) is 1.52. The number of rotatable bonds is 3. The molecule has 3 unspecified atom stereocenters. The first kappa shape index (κ1) is 11.9. The van der Waals surface area contributed by atoms with E-state index in [4.69, 9.17) is 4.74 Å². The van der Waals surface area contributed by atoms with Crippen LogP contribution in [0.2, 0.25) is 0 Å². The number of carbonyl (C=O) groups excluding carboxylic acids is 1. The Balaban J connectivity index is 1.88. The van der Waals surface area contributed by atoms with E-state index in [1.807, 2.05) is 0 Å². The molecule has 1 aliphatic heterocycles. The zero-order valence-electron chi connectivity index (χ0n) is 10.6. The normalized spacial score (nSPS) is 35.4. The average Bonchev–Trinajstić information content (AvgIpc) is 2.63. The summed E-state index contributed by atoms with van der Waals surface area (Å²) in [4.78, 5) is 13.1. The van der Waals surface area contributed by atoms with Gasteiger partial charge in [-0.15, -0.1) is 0 Å². The summed E-state index contributed by atoms with van der Waals surface area (Å²) in [5, 5.41) is 3.39. The van der Waals surface area contributed by atoms with E-state index >= 15 is 0 Å². The summed E-state index contributed by atoms with van der Waals surface area (Å²) in [6, 6.07) is 0.420. The van der Waals surface area contributed by atoms with Gasteiger partial charge in [0.2, 0.25) is 5.91 Å². The van der Waals surface area contributed by atoms with Crippen LogP contribution in [0.25, 0.3) is 0 Å². The van der Waals surface area contributed by atoms with E-state index in [-0.39, 0.29) is 11.3 Å². The van der Waals surface area contributed by atoms with Crippen molar-refractivity contribution >= 4 is 5.91 Å². The van der Waals surface area contributed by atoms with Crippen molar-refractivity contribution in [3.05, 3.63) is 0 Å². The number of ether oxygens (including phenoxy) is 1. The molecule has 4 heteroatoms. The molecular formula is C12H22N2O2. The fourth-order valence-electron chi connectivity index (χ4n) is 3.09. The van der Waals surface area contributed by atoms with Gasteiger partial charge in [0.25, 0.3) is 0 Å². The summed E-state index contributed by atoms with van der Waals surface area (Å²) in [7, 11) is 3.58. The standard InChI is InChI=1S/C12H22N2O2/c1-12(2)10(8-5-6-16-11(8)12)13-7-9(15)14(3)4/h8,10-11,13H,5-7H2,1-4H3. The summed E-state index contributed by atoms with van der Waals surface area (Å²) in [5.41, 5.74) is 0.160. The molecule has 1 amide bonds. The Kier molecular flexibility index (Phi) is 2.97. The van der Waals surface area contributed by atoms with E-state index in [9.17, 15) is 4.79 Å². The lowest BCUT2D eigenvalue weighted by Crippen LogP contribution is -2.66. The van der Waals surface area contributed by atoms with E-state index in [1.165, 1.54) is 0 Å². The predicted octanol–water partition coefficient (Wildman–Crippen LogP) is 0.478. The zero-order chi connectivity index (χ0) is 11.9. The zero-order valence-corrected chi connectivity index (χ0v) is 10.6. The number of nitrogens with one attached hydrogen (secondary N) is 1. The highest BCUT2D eigenvalue weighted by Crippen LogP contribution is 2.51. The number of hydrogen-bond acceptors (Lipinski definition) is 3. The Bertz CT molecular complexity index is 289. The number of carbonyl (C=O) groups is 1. The van der Waals surface area contributed by atoms with E-state index in [1.54, 1.807) is 19.0 Å². The van der Waals surface area contributed by atoms with Gasteiger partial charge in [-0.3, -0.25) is 4.79 Å². The van der Waals surface area contributed by atoms with Gasteiger partial charge in [-0.1, -0.05) is 13.8 Å². The third-order valence-corrected chi connectivity index (χ3v) is 4.07. The van der Waals surface area contributed by atoms with Crippen LogP contribution in [0.4, 0.5) is 0 Å². The maximum absolute atomic E-state index is 11.5. The van der Waals surface area contributed by atoms with Gasteiger partial charge in [0.1, 0.15) is 0 Å². The molecule has 3 atom stereocenters. The summed E-state index contributed by atoms with van der Waals surface area (Å²) in [5.74, 6) is 0.739. The summed E-state index contributed by atoms with van der Waals surface area (Å²) < 4.78 is 5.72. The van der Waals surface area contributed by atoms with Gasteiger partial charge in [0, 0.05) is 38.1 Å². The Morgan fingerprint density at radius 2 is 2.19 bits per heavy atom. The minimum atomic E-state index is 0.137. The van der Waals surface area contributed by atoms with Crippen molar-refractivity contribution in [1.29, 1.82) is 0 Å². The Morgan fingerprint density at radius 1 is 1.50 bits per heavy atom. The molecule has 0 aromatic carbocycles. The number of amides is 1. The molecule has 1 saturated heterocycles. The molecule has 0 aromatic heterocycles. The van der Waals surface area contributed by atoms with Crippen molar-refractivity contribution in [2.24, 2.45) is 11.3 Å². The van der Waals surface area contributed by atoms with Crippen molar-refractivity contribution in [1.82, 2.24) is 10.2 Å². The average molecular weight is 226 g/mol. The second-order valence-corrected chi connectivity index (χ2v) is 5.71. The molecule has 0 spiro atoms. The fraction of sp³-hybridized carbons (Fsp3) is 0.917. The molecule has 0 bridgehead atoms. The van der Waals surface area contributed by atoms with Gasteiger partial charge in [0.05, 0.1) is 12.6 Å². The van der Waals surface area contributed by atoms with Crippen LogP contribution in [0, 0.1) is 11.3 Å². The monoisotopic (exact) mass is 226 g/mol. The van der Waals surface area contributed by atoms with Crippen LogP contribution >= 0.6 is 0 Å². The molecule has 1 N–H and O–H groups in total. The number of hydrogen-bond donors (Lipinski definition) is 1. The molecule has 4 nitrogen and oxygen atoms in total. The van der Waals surface area contributed by atoms with Crippen LogP contribution in [-0.2, 0) is 9.53 Å². The lowest BCUT2D eigenvalue weighted by molar-refractivity contribution is -0.132. The van der Waals surface area contributed by atoms with Gasteiger partial charge in [-0.25, -0.2) is 0 Å². The fourth-order valence-corrected chi connectivity index (χ4v) is 3.09. The van der Waals surface area contributed by atoms with Crippen molar-refractivity contribution in [2.45, 2.75) is 32.4 Å². The van der Waals surface area contributed by atoms with E-state index in [2.05, 4.69) is 19.2 Å². The number of nitrogens with zero attached hydrogens (tertiary/aromatic N) is 1. The van der Waals surface area contributed by atoms with E-state index in [0.717, 1.165) is 13.0 Å². The summed E-state index contributed by atoms with van der Waals surface area (Å²) >= 11 is 0. The molecular weight excluding hydrogens is 204 g/mol. The van der Waals surface area contributed by atoms with Crippen LogP contribution in [-0.4, -0.2) is 50.2 Å². The second kappa shape index (κ2) is 4.00. The molecule has 16 heavy (non-hydrogen) atoms. The van der Waals surface area contributed by atoms with Crippen LogP contribution in [0.3, 0.4) is 0 Å². The maximum Gasteiger partial charge on any atom is 0.236 e. The minimum absolute atomic E-state index is 0.137. The van der Waals surface area contributed by atoms with Crippen molar-refractivity contribution in [3.63, 3.8) is 0 Å². The quantitative estimate of drug-likeness (QED) is 0.761. The molecule has 1 aliphatic carbocycles. The lowest BCUT2D eigenvalue weighted by Gasteiger charge is -2.54. The predicted molar refractivity (Wildman–Crippen MR) is 62.1 cm³/mol. The lowest BCUT2D eigenvalue weighted by atomic mass is 9.57. The molecule has 0 radical (unpaired) electrons. The van der Waals surface area contributed by atoms with Crippen molar-refractivity contribution < 1.29 is 9.53 Å². The highest BCUT2D eigenvalue weighted by molar-refractivity contribution is 5.77. The van der Waals surface area contributed by atoms with E-state index < -0.39 is 0 Å². The molecule has 2 rings (SSSR count). The molecule has 1 saturated carbocycles. The molecule has 0 aromatic rings. The number of fused-ring (bicyclic) bond motifs is 1. The largest absolute Gasteiger partial charge is 0.377 e.